The molecule has 0 heterocycles. The first-order valence-electron chi connectivity index (χ1n) is 4.67. The van der Waals surface area contributed by atoms with Gasteiger partial charge < -0.3 is 25.0 Å². The van der Waals surface area contributed by atoms with Crippen LogP contribution in [0.1, 0.15) is 6.42 Å². The Labute approximate surface area is 85.0 Å². The highest BCUT2D eigenvalue weighted by Crippen LogP contribution is 2.07. The van der Waals surface area contributed by atoms with Gasteiger partial charge in [0.2, 0.25) is 0 Å². The van der Waals surface area contributed by atoms with E-state index in [9.17, 15) is 5.11 Å². The molecule has 0 aromatic rings. The van der Waals surface area contributed by atoms with Gasteiger partial charge in [-0.3, -0.25) is 0 Å². The van der Waals surface area contributed by atoms with E-state index in [2.05, 4.69) is 5.32 Å². The summed E-state index contributed by atoms with van der Waals surface area (Å²) in [6.07, 6.45) is -0.335. The molecule has 0 saturated heterocycles. The molecule has 0 aliphatic heterocycles. The molecule has 0 fully saturated rings. The average Bonchev–Trinajstić information content (AvgIpc) is 2.18. The van der Waals surface area contributed by atoms with E-state index >= 15 is 0 Å². The zero-order valence-corrected chi connectivity index (χ0v) is 9.06. The van der Waals surface area contributed by atoms with Crippen molar-refractivity contribution in [3.8, 4) is 0 Å². The number of likely N-dealkylation sites (N-methyl/N-ethyl adjacent to an activating group) is 1. The van der Waals surface area contributed by atoms with Crippen LogP contribution in [0.3, 0.4) is 0 Å². The van der Waals surface area contributed by atoms with Gasteiger partial charge in [-0.1, -0.05) is 0 Å². The number of hydrogen-bond acceptors (Lipinski definition) is 5. The van der Waals surface area contributed by atoms with E-state index in [-0.39, 0.29) is 25.4 Å². The maximum absolute atomic E-state index is 9.48. The molecule has 3 unspecified atom stereocenters. The fourth-order valence-corrected chi connectivity index (χ4v) is 1.35. The first-order valence-corrected chi connectivity index (χ1v) is 4.67. The molecule has 5 nitrogen and oxygen atoms in total. The van der Waals surface area contributed by atoms with Gasteiger partial charge in [0, 0.05) is 20.6 Å². The van der Waals surface area contributed by atoms with E-state index < -0.39 is 6.10 Å². The van der Waals surface area contributed by atoms with Crippen molar-refractivity contribution in [3.63, 3.8) is 0 Å². The number of methoxy groups -OCH3 is 2. The molecule has 3 N–H and O–H groups in total. The Bertz CT molecular complexity index is 130. The molecule has 0 aliphatic carbocycles. The fourth-order valence-electron chi connectivity index (χ4n) is 1.35. The number of ether oxygens (including phenoxy) is 2. The summed E-state index contributed by atoms with van der Waals surface area (Å²) in [5, 5.41) is 21.4. The monoisotopic (exact) mass is 207 g/mol. The van der Waals surface area contributed by atoms with Gasteiger partial charge in [0.05, 0.1) is 31.5 Å². The molecule has 5 heteroatoms. The quantitative estimate of drug-likeness (QED) is 0.475. The summed E-state index contributed by atoms with van der Waals surface area (Å²) in [6, 6.07) is -0.161. The lowest BCUT2D eigenvalue weighted by atomic mass is 10.1. The van der Waals surface area contributed by atoms with Gasteiger partial charge >= 0.3 is 0 Å². The first-order chi connectivity index (χ1) is 6.69. The summed E-state index contributed by atoms with van der Waals surface area (Å²) in [5.74, 6) is 0. The van der Waals surface area contributed by atoms with Crippen LogP contribution in [0.2, 0.25) is 0 Å². The van der Waals surface area contributed by atoms with Crippen molar-refractivity contribution < 1.29 is 19.7 Å². The lowest BCUT2D eigenvalue weighted by molar-refractivity contribution is -0.0133. The summed E-state index contributed by atoms with van der Waals surface area (Å²) in [4.78, 5) is 0. The molecule has 0 radical (unpaired) electrons. The minimum Gasteiger partial charge on any atom is -0.395 e. The molecule has 0 aliphatic rings. The Balaban J connectivity index is 3.98. The third-order valence-corrected chi connectivity index (χ3v) is 2.18. The van der Waals surface area contributed by atoms with E-state index in [1.165, 1.54) is 7.11 Å². The van der Waals surface area contributed by atoms with E-state index in [1.54, 1.807) is 14.2 Å². The van der Waals surface area contributed by atoms with Gasteiger partial charge in [-0.15, -0.1) is 0 Å². The normalized spacial score (nSPS) is 17.8. The van der Waals surface area contributed by atoms with Crippen LogP contribution in [0.25, 0.3) is 0 Å². The minimum atomic E-state index is -0.563. The second-order valence-corrected chi connectivity index (χ2v) is 3.20. The SMILES string of the molecule is CNC(CO)C(CC(O)COC)OC. The highest BCUT2D eigenvalue weighted by atomic mass is 16.5. The van der Waals surface area contributed by atoms with Gasteiger partial charge in [-0.05, 0) is 7.05 Å². The maximum atomic E-state index is 9.48. The van der Waals surface area contributed by atoms with Crippen LogP contribution in [-0.2, 0) is 9.47 Å². The summed E-state index contributed by atoms with van der Waals surface area (Å²) in [5.41, 5.74) is 0. The number of aliphatic hydroxyl groups excluding tert-OH is 2. The van der Waals surface area contributed by atoms with Crippen molar-refractivity contribution in [2.45, 2.75) is 24.7 Å². The summed E-state index contributed by atoms with van der Waals surface area (Å²) < 4.78 is 9.98. The van der Waals surface area contributed by atoms with Crippen molar-refractivity contribution >= 4 is 0 Å². The van der Waals surface area contributed by atoms with Crippen molar-refractivity contribution in [3.05, 3.63) is 0 Å². The molecule has 0 rings (SSSR count). The fraction of sp³-hybridized carbons (Fsp3) is 1.00. The molecule has 0 spiro atoms. The second kappa shape index (κ2) is 8.14. The zero-order valence-electron chi connectivity index (χ0n) is 9.06. The molecule has 0 aromatic heterocycles. The van der Waals surface area contributed by atoms with Gasteiger partial charge in [-0.2, -0.15) is 0 Å². The number of nitrogens with one attached hydrogen (secondary N) is 1. The van der Waals surface area contributed by atoms with Crippen LogP contribution in [0.4, 0.5) is 0 Å². The van der Waals surface area contributed by atoms with E-state index in [4.69, 9.17) is 14.6 Å². The van der Waals surface area contributed by atoms with Crippen LogP contribution in [-0.4, -0.2) is 62.9 Å². The highest BCUT2D eigenvalue weighted by molar-refractivity contribution is 4.77. The van der Waals surface area contributed by atoms with Crippen molar-refractivity contribution in [1.29, 1.82) is 0 Å². The topological polar surface area (TPSA) is 71.0 Å². The van der Waals surface area contributed by atoms with Crippen LogP contribution in [0.15, 0.2) is 0 Å². The molecule has 3 atom stereocenters. The van der Waals surface area contributed by atoms with Gasteiger partial charge in [0.15, 0.2) is 0 Å². The van der Waals surface area contributed by atoms with Gasteiger partial charge in [-0.25, -0.2) is 0 Å². The number of aliphatic hydroxyl groups is 2. The summed E-state index contributed by atoms with van der Waals surface area (Å²) in [6.45, 7) is 0.260. The third kappa shape index (κ3) is 4.88. The van der Waals surface area contributed by atoms with Crippen LogP contribution < -0.4 is 5.32 Å². The van der Waals surface area contributed by atoms with Gasteiger partial charge in [0.1, 0.15) is 0 Å². The van der Waals surface area contributed by atoms with Crippen molar-refractivity contribution in [2.75, 3.05) is 34.5 Å². The standard InChI is InChI=1S/C9H21NO4/c1-10-8(5-11)9(14-3)4-7(12)6-13-2/h7-12H,4-6H2,1-3H3. The number of rotatable bonds is 8. The summed E-state index contributed by atoms with van der Waals surface area (Å²) >= 11 is 0. The minimum absolute atomic E-state index is 0.0191. The average molecular weight is 207 g/mol. The zero-order chi connectivity index (χ0) is 11.0. The largest absolute Gasteiger partial charge is 0.395 e. The molecular formula is C9H21NO4. The highest BCUT2D eigenvalue weighted by Gasteiger charge is 2.21. The molecule has 0 bridgehead atoms. The molecular weight excluding hydrogens is 186 g/mol. The Morgan fingerprint density at radius 1 is 1.36 bits per heavy atom. The van der Waals surface area contributed by atoms with E-state index in [0.717, 1.165) is 0 Å². The molecule has 0 amide bonds. The Morgan fingerprint density at radius 2 is 2.00 bits per heavy atom. The predicted molar refractivity (Wildman–Crippen MR) is 53.2 cm³/mol. The first kappa shape index (κ1) is 13.8. The molecule has 0 saturated carbocycles. The third-order valence-electron chi connectivity index (χ3n) is 2.18. The van der Waals surface area contributed by atoms with Crippen molar-refractivity contribution in [2.24, 2.45) is 0 Å². The van der Waals surface area contributed by atoms with Crippen LogP contribution in [0, 0.1) is 0 Å². The van der Waals surface area contributed by atoms with Crippen molar-refractivity contribution in [1.82, 2.24) is 5.32 Å². The van der Waals surface area contributed by atoms with Gasteiger partial charge in [0.25, 0.3) is 0 Å². The Hall–Kier alpha value is -0.200. The predicted octanol–water partition coefficient (Wildman–Crippen LogP) is -1.02. The second-order valence-electron chi connectivity index (χ2n) is 3.20. The summed E-state index contributed by atoms with van der Waals surface area (Å²) in [7, 11) is 4.84. The smallest absolute Gasteiger partial charge is 0.0798 e. The molecule has 14 heavy (non-hydrogen) atoms. The Kier molecular flexibility index (Phi) is 8.02. The maximum Gasteiger partial charge on any atom is 0.0798 e. The lowest BCUT2D eigenvalue weighted by Crippen LogP contribution is -2.43. The Morgan fingerprint density at radius 3 is 2.36 bits per heavy atom. The molecule has 86 valence electrons. The number of hydrogen-bond donors (Lipinski definition) is 3. The van der Waals surface area contributed by atoms with E-state index in [1.807, 2.05) is 0 Å². The lowest BCUT2D eigenvalue weighted by Gasteiger charge is -2.25. The van der Waals surface area contributed by atoms with E-state index in [0.29, 0.717) is 6.42 Å². The van der Waals surface area contributed by atoms with Crippen LogP contribution in [0.5, 0.6) is 0 Å². The van der Waals surface area contributed by atoms with Crippen LogP contribution >= 0.6 is 0 Å². The molecule has 0 aromatic carbocycles.